The van der Waals surface area contributed by atoms with Gasteiger partial charge in [-0.25, -0.2) is 4.68 Å². The lowest BCUT2D eigenvalue weighted by Gasteiger charge is -2.20. The van der Waals surface area contributed by atoms with Gasteiger partial charge in [0, 0.05) is 5.56 Å². The van der Waals surface area contributed by atoms with E-state index >= 15 is 0 Å². The van der Waals surface area contributed by atoms with E-state index in [1.807, 2.05) is 26.0 Å². The maximum atomic E-state index is 12.7. The maximum absolute atomic E-state index is 12.7. The van der Waals surface area contributed by atoms with Crippen LogP contribution in [0.5, 0.6) is 0 Å². The van der Waals surface area contributed by atoms with Crippen molar-refractivity contribution in [3.8, 4) is 5.69 Å². The molecule has 0 spiro atoms. The number of rotatable bonds is 4. The summed E-state index contributed by atoms with van der Waals surface area (Å²) in [6.45, 7) is 3.98. The molecule has 1 atom stereocenters. The van der Waals surface area contributed by atoms with E-state index in [2.05, 4.69) is 39.0 Å². The second kappa shape index (κ2) is 7.31. The molecule has 6 heteroatoms. The van der Waals surface area contributed by atoms with Crippen molar-refractivity contribution in [2.75, 3.05) is 0 Å². The van der Waals surface area contributed by atoms with Crippen molar-refractivity contribution in [2.24, 2.45) is 0 Å². The molecule has 1 amide bonds. The molecule has 4 rings (SSSR count). The summed E-state index contributed by atoms with van der Waals surface area (Å²) in [5.41, 5.74) is 6.48. The van der Waals surface area contributed by atoms with Crippen LogP contribution in [0.2, 0.25) is 0 Å². The number of hydrogen-bond donors (Lipinski definition) is 1. The molecule has 27 heavy (non-hydrogen) atoms. The third kappa shape index (κ3) is 3.60. The van der Waals surface area contributed by atoms with Crippen molar-refractivity contribution < 1.29 is 4.79 Å². The predicted molar refractivity (Wildman–Crippen MR) is 103 cm³/mol. The zero-order valence-electron chi connectivity index (χ0n) is 15.6. The largest absolute Gasteiger partial charge is 0.346 e. The molecular formula is C21H23N5O. The molecule has 138 valence electrons. The lowest BCUT2D eigenvalue weighted by molar-refractivity contribution is 0.0940. The Bertz CT molecular complexity index is 965. The van der Waals surface area contributed by atoms with Crippen LogP contribution in [0.1, 0.15) is 58.4 Å². The van der Waals surface area contributed by atoms with E-state index in [0.29, 0.717) is 5.56 Å². The molecule has 1 unspecified atom stereocenters. The van der Waals surface area contributed by atoms with Crippen molar-refractivity contribution in [2.45, 2.75) is 45.6 Å². The third-order valence-electron chi connectivity index (χ3n) is 5.27. The van der Waals surface area contributed by atoms with E-state index in [1.54, 1.807) is 17.1 Å². The van der Waals surface area contributed by atoms with Crippen LogP contribution in [0.15, 0.2) is 42.7 Å². The van der Waals surface area contributed by atoms with Gasteiger partial charge in [0.05, 0.1) is 11.7 Å². The van der Waals surface area contributed by atoms with E-state index in [9.17, 15) is 4.79 Å². The van der Waals surface area contributed by atoms with Crippen molar-refractivity contribution in [1.29, 1.82) is 0 Å². The Labute approximate surface area is 158 Å². The molecule has 1 aliphatic carbocycles. The Morgan fingerprint density at radius 1 is 1.11 bits per heavy atom. The number of aromatic nitrogens is 4. The summed E-state index contributed by atoms with van der Waals surface area (Å²) >= 11 is 0. The highest BCUT2D eigenvalue weighted by Gasteiger charge is 2.16. The number of carbonyl (C=O) groups is 1. The molecule has 0 saturated carbocycles. The highest BCUT2D eigenvalue weighted by molar-refractivity contribution is 5.94. The fraction of sp³-hybridized carbons (Fsp3) is 0.333. The van der Waals surface area contributed by atoms with Gasteiger partial charge in [0.15, 0.2) is 0 Å². The SMILES string of the molecule is Cc1cc(C(=O)NC(C)c2ccc3c(c2)CCCC3)ccc1-n1cnnn1. The first-order chi connectivity index (χ1) is 13.1. The molecule has 6 nitrogen and oxygen atoms in total. The molecule has 3 aromatic rings. The molecule has 0 saturated heterocycles. The molecule has 2 aromatic carbocycles. The number of fused-ring (bicyclic) bond motifs is 1. The highest BCUT2D eigenvalue weighted by Crippen LogP contribution is 2.25. The number of nitrogens with one attached hydrogen (secondary N) is 1. The molecular weight excluding hydrogens is 338 g/mol. The van der Waals surface area contributed by atoms with Crippen molar-refractivity contribution in [3.63, 3.8) is 0 Å². The Hall–Kier alpha value is -3.02. The van der Waals surface area contributed by atoms with Gasteiger partial charge in [-0.2, -0.15) is 0 Å². The summed E-state index contributed by atoms with van der Waals surface area (Å²) in [4.78, 5) is 12.7. The summed E-state index contributed by atoms with van der Waals surface area (Å²) in [6, 6.07) is 12.1. The van der Waals surface area contributed by atoms with Crippen LogP contribution in [-0.2, 0) is 12.8 Å². The average molecular weight is 361 g/mol. The number of nitrogens with zero attached hydrogens (tertiary/aromatic N) is 4. The maximum Gasteiger partial charge on any atom is 0.251 e. The van der Waals surface area contributed by atoms with Crippen LogP contribution in [0.3, 0.4) is 0 Å². The van der Waals surface area contributed by atoms with Crippen molar-refractivity contribution in [1.82, 2.24) is 25.5 Å². The normalized spacial score (nSPS) is 14.4. The van der Waals surface area contributed by atoms with Gasteiger partial charge >= 0.3 is 0 Å². The van der Waals surface area contributed by atoms with Gasteiger partial charge in [0.2, 0.25) is 0 Å². The number of tetrazole rings is 1. The monoisotopic (exact) mass is 361 g/mol. The average Bonchev–Trinajstić information content (AvgIpc) is 3.22. The van der Waals surface area contributed by atoms with E-state index in [0.717, 1.165) is 23.2 Å². The Morgan fingerprint density at radius 3 is 2.67 bits per heavy atom. The van der Waals surface area contributed by atoms with Crippen LogP contribution in [-0.4, -0.2) is 26.1 Å². The zero-order chi connectivity index (χ0) is 18.8. The Morgan fingerprint density at radius 2 is 1.93 bits per heavy atom. The predicted octanol–water partition coefficient (Wildman–Crippen LogP) is 3.34. The van der Waals surface area contributed by atoms with Gasteiger partial charge < -0.3 is 5.32 Å². The molecule has 0 bridgehead atoms. The van der Waals surface area contributed by atoms with Crippen LogP contribution >= 0.6 is 0 Å². The van der Waals surface area contributed by atoms with Gasteiger partial charge in [-0.3, -0.25) is 4.79 Å². The minimum absolute atomic E-state index is 0.0378. The molecule has 1 aliphatic rings. The van der Waals surface area contributed by atoms with Crippen LogP contribution in [0.25, 0.3) is 5.69 Å². The molecule has 0 radical (unpaired) electrons. The molecule has 0 aliphatic heterocycles. The standard InChI is InChI=1S/C21H23N5O/c1-14-11-19(9-10-20(14)26-13-22-24-25-26)21(27)23-15(2)17-8-7-16-5-3-4-6-18(16)12-17/h7-13,15H,3-6H2,1-2H3,(H,23,27). The summed E-state index contributed by atoms with van der Waals surface area (Å²) < 4.78 is 1.59. The van der Waals surface area contributed by atoms with Crippen LogP contribution in [0, 0.1) is 6.92 Å². The minimum atomic E-state index is -0.0772. The minimum Gasteiger partial charge on any atom is -0.346 e. The molecule has 1 N–H and O–H groups in total. The first kappa shape index (κ1) is 17.4. The van der Waals surface area contributed by atoms with Crippen LogP contribution in [0.4, 0.5) is 0 Å². The van der Waals surface area contributed by atoms with E-state index in [4.69, 9.17) is 0 Å². The van der Waals surface area contributed by atoms with E-state index in [1.165, 1.54) is 30.4 Å². The van der Waals surface area contributed by atoms with Gasteiger partial charge in [-0.1, -0.05) is 18.2 Å². The summed E-state index contributed by atoms with van der Waals surface area (Å²) in [7, 11) is 0. The van der Waals surface area contributed by atoms with Gasteiger partial charge in [-0.15, -0.1) is 5.10 Å². The summed E-state index contributed by atoms with van der Waals surface area (Å²) in [5, 5.41) is 14.3. The second-order valence-electron chi connectivity index (χ2n) is 7.19. The second-order valence-corrected chi connectivity index (χ2v) is 7.19. The fourth-order valence-corrected chi connectivity index (χ4v) is 3.71. The first-order valence-electron chi connectivity index (χ1n) is 9.38. The van der Waals surface area contributed by atoms with E-state index in [-0.39, 0.29) is 11.9 Å². The number of carbonyl (C=O) groups excluding carboxylic acids is 1. The topological polar surface area (TPSA) is 72.7 Å². The lowest BCUT2D eigenvalue weighted by Crippen LogP contribution is -2.27. The van der Waals surface area contributed by atoms with Gasteiger partial charge in [0.25, 0.3) is 5.91 Å². The third-order valence-corrected chi connectivity index (χ3v) is 5.27. The number of aryl methyl sites for hydroxylation is 3. The lowest BCUT2D eigenvalue weighted by atomic mass is 9.89. The summed E-state index contributed by atoms with van der Waals surface area (Å²) in [5.74, 6) is -0.0772. The molecule has 0 fully saturated rings. The number of amides is 1. The Balaban J connectivity index is 1.49. The highest BCUT2D eigenvalue weighted by atomic mass is 16.1. The number of benzene rings is 2. The van der Waals surface area contributed by atoms with Gasteiger partial charge in [-0.05, 0) is 90.4 Å². The zero-order valence-corrected chi connectivity index (χ0v) is 15.6. The fourth-order valence-electron chi connectivity index (χ4n) is 3.71. The quantitative estimate of drug-likeness (QED) is 0.773. The molecule has 1 heterocycles. The smallest absolute Gasteiger partial charge is 0.251 e. The summed E-state index contributed by atoms with van der Waals surface area (Å²) in [6.07, 6.45) is 6.38. The van der Waals surface area contributed by atoms with Gasteiger partial charge in [0.1, 0.15) is 6.33 Å². The number of hydrogen-bond acceptors (Lipinski definition) is 4. The van der Waals surface area contributed by atoms with E-state index < -0.39 is 0 Å². The van der Waals surface area contributed by atoms with Crippen molar-refractivity contribution >= 4 is 5.91 Å². The van der Waals surface area contributed by atoms with Crippen LogP contribution < -0.4 is 5.32 Å². The van der Waals surface area contributed by atoms with Crippen molar-refractivity contribution in [3.05, 3.63) is 70.5 Å². The molecule has 1 aromatic heterocycles. The Kier molecular flexibility index (Phi) is 4.71. The first-order valence-corrected chi connectivity index (χ1v) is 9.38.